The van der Waals surface area contributed by atoms with Gasteiger partial charge in [-0.2, -0.15) is 0 Å². The van der Waals surface area contributed by atoms with E-state index in [1.54, 1.807) is 0 Å². The lowest BCUT2D eigenvalue weighted by Crippen LogP contribution is -2.61. The highest BCUT2D eigenvalue weighted by atomic mass is 16.4. The van der Waals surface area contributed by atoms with Gasteiger partial charge in [0.2, 0.25) is 0 Å². The molecule has 0 bridgehead atoms. The van der Waals surface area contributed by atoms with Crippen LogP contribution in [0.4, 0.5) is 0 Å². The molecule has 4 fully saturated rings. The first-order valence-electron chi connectivity index (χ1n) is 11.8. The number of aliphatic hydroxyl groups is 3. The Morgan fingerprint density at radius 2 is 1.72 bits per heavy atom. The number of carboxylic acids is 1. The highest BCUT2D eigenvalue weighted by molar-refractivity contribution is 5.66. The third-order valence-corrected chi connectivity index (χ3v) is 10.3. The van der Waals surface area contributed by atoms with Gasteiger partial charge in [0, 0.05) is 6.42 Å². The standard InChI is InChI=1S/C24H40O5/c1-13(4-7-22(28)29)16-5-6-17-15-11-20(26)19-10-14(25)8-9-23(19,2)18(15)12-21(27)24(16,17)3/h13-21,25-27H,4-12H2,1-3H3,(H,28,29). The van der Waals surface area contributed by atoms with E-state index in [9.17, 15) is 20.1 Å². The lowest BCUT2D eigenvalue weighted by Gasteiger charge is -2.63. The van der Waals surface area contributed by atoms with E-state index in [4.69, 9.17) is 5.11 Å². The molecule has 11 unspecified atom stereocenters. The van der Waals surface area contributed by atoms with Gasteiger partial charge in [0.1, 0.15) is 0 Å². The maximum Gasteiger partial charge on any atom is 0.303 e. The number of rotatable bonds is 4. The molecule has 5 nitrogen and oxygen atoms in total. The molecule has 4 saturated carbocycles. The van der Waals surface area contributed by atoms with Crippen LogP contribution in [0.1, 0.15) is 78.6 Å². The van der Waals surface area contributed by atoms with Crippen molar-refractivity contribution in [3.05, 3.63) is 0 Å². The SMILES string of the molecule is CC(CCC(=O)O)C1CCC2C3CC(O)C4CC(O)CCC4(C)C3CC(O)C12C. The molecule has 29 heavy (non-hydrogen) atoms. The quantitative estimate of drug-likeness (QED) is 0.571. The average molecular weight is 409 g/mol. The summed E-state index contributed by atoms with van der Waals surface area (Å²) in [6, 6.07) is 0. The molecule has 5 heteroatoms. The summed E-state index contributed by atoms with van der Waals surface area (Å²) in [5.74, 6) is 1.25. The first kappa shape index (κ1) is 21.6. The van der Waals surface area contributed by atoms with Crippen molar-refractivity contribution >= 4 is 5.97 Å². The summed E-state index contributed by atoms with van der Waals surface area (Å²) in [7, 11) is 0. The summed E-state index contributed by atoms with van der Waals surface area (Å²) >= 11 is 0. The topological polar surface area (TPSA) is 98.0 Å². The van der Waals surface area contributed by atoms with Crippen LogP contribution in [0, 0.1) is 46.3 Å². The molecular weight excluding hydrogens is 368 g/mol. The van der Waals surface area contributed by atoms with Crippen LogP contribution >= 0.6 is 0 Å². The Kier molecular flexibility index (Phi) is 5.57. The molecular formula is C24H40O5. The summed E-state index contributed by atoms with van der Waals surface area (Å²) in [5, 5.41) is 41.8. The number of hydrogen-bond acceptors (Lipinski definition) is 4. The maximum absolute atomic E-state index is 11.5. The largest absolute Gasteiger partial charge is 0.481 e. The minimum Gasteiger partial charge on any atom is -0.481 e. The minimum absolute atomic E-state index is 0.00309. The van der Waals surface area contributed by atoms with Gasteiger partial charge in [-0.25, -0.2) is 0 Å². The van der Waals surface area contributed by atoms with Crippen LogP contribution in [0.2, 0.25) is 0 Å². The van der Waals surface area contributed by atoms with Crippen molar-refractivity contribution in [3.63, 3.8) is 0 Å². The van der Waals surface area contributed by atoms with Gasteiger partial charge in [0.05, 0.1) is 18.3 Å². The highest BCUT2D eigenvalue weighted by Gasteiger charge is 2.65. The van der Waals surface area contributed by atoms with Crippen LogP contribution in [0.25, 0.3) is 0 Å². The van der Waals surface area contributed by atoms with Crippen LogP contribution in [0.3, 0.4) is 0 Å². The highest BCUT2D eigenvalue weighted by Crippen LogP contribution is 2.68. The van der Waals surface area contributed by atoms with Gasteiger partial charge in [-0.15, -0.1) is 0 Å². The second-order valence-electron chi connectivity index (χ2n) is 11.4. The molecule has 4 rings (SSSR count). The molecule has 166 valence electrons. The molecule has 0 aliphatic heterocycles. The second kappa shape index (κ2) is 7.49. The van der Waals surface area contributed by atoms with Crippen molar-refractivity contribution in [1.29, 1.82) is 0 Å². The Bertz CT molecular complexity index is 637. The van der Waals surface area contributed by atoms with E-state index < -0.39 is 5.97 Å². The molecule has 4 aliphatic rings. The number of aliphatic carboxylic acids is 1. The summed E-state index contributed by atoms with van der Waals surface area (Å²) in [5.41, 5.74) is -0.187. The predicted molar refractivity (Wildman–Crippen MR) is 110 cm³/mol. The number of fused-ring (bicyclic) bond motifs is 5. The number of carbonyl (C=O) groups is 1. The monoisotopic (exact) mass is 408 g/mol. The zero-order valence-corrected chi connectivity index (χ0v) is 18.3. The van der Waals surface area contributed by atoms with Gasteiger partial charge in [-0.3, -0.25) is 4.79 Å². The van der Waals surface area contributed by atoms with E-state index in [1.165, 1.54) is 0 Å². The molecule has 0 spiro atoms. The maximum atomic E-state index is 11.5. The molecule has 0 aromatic rings. The fourth-order valence-corrected chi connectivity index (χ4v) is 8.76. The predicted octanol–water partition coefficient (Wildman–Crippen LogP) is 3.45. The van der Waals surface area contributed by atoms with E-state index >= 15 is 0 Å². The molecule has 0 aromatic carbocycles. The van der Waals surface area contributed by atoms with E-state index in [2.05, 4.69) is 20.8 Å². The smallest absolute Gasteiger partial charge is 0.303 e. The third-order valence-electron chi connectivity index (χ3n) is 10.3. The number of carboxylic acid groups (broad SMARTS) is 1. The molecule has 4 aliphatic carbocycles. The fourth-order valence-electron chi connectivity index (χ4n) is 8.76. The Labute approximate surface area is 174 Å². The first-order valence-corrected chi connectivity index (χ1v) is 11.8. The molecule has 4 N–H and O–H groups in total. The molecule has 11 atom stereocenters. The van der Waals surface area contributed by atoms with Gasteiger partial charge in [-0.05, 0) is 97.7 Å². The number of hydrogen-bond donors (Lipinski definition) is 4. The van der Waals surface area contributed by atoms with Crippen LogP contribution in [0.5, 0.6) is 0 Å². The third kappa shape index (κ3) is 3.27. The Morgan fingerprint density at radius 1 is 1.00 bits per heavy atom. The fraction of sp³-hybridized carbons (Fsp3) is 0.958. The van der Waals surface area contributed by atoms with Crippen LogP contribution in [-0.2, 0) is 4.79 Å². The van der Waals surface area contributed by atoms with Gasteiger partial charge in [-0.1, -0.05) is 20.8 Å². The molecule has 0 heterocycles. The molecule has 0 aromatic heterocycles. The molecule has 0 radical (unpaired) electrons. The summed E-state index contributed by atoms with van der Waals surface area (Å²) < 4.78 is 0. The number of aliphatic hydroxyl groups excluding tert-OH is 3. The van der Waals surface area contributed by atoms with E-state index in [-0.39, 0.29) is 47.4 Å². The van der Waals surface area contributed by atoms with E-state index in [0.717, 1.165) is 38.5 Å². The van der Waals surface area contributed by atoms with Gasteiger partial charge in [0.15, 0.2) is 0 Å². The normalized spacial score (nSPS) is 52.9. The Hall–Kier alpha value is -0.650. The van der Waals surface area contributed by atoms with Gasteiger partial charge in [0.25, 0.3) is 0 Å². The van der Waals surface area contributed by atoms with Crippen LogP contribution in [-0.4, -0.2) is 44.7 Å². The zero-order valence-electron chi connectivity index (χ0n) is 18.3. The summed E-state index contributed by atoms with van der Waals surface area (Å²) in [6.45, 7) is 6.72. The van der Waals surface area contributed by atoms with Crippen LogP contribution < -0.4 is 0 Å². The van der Waals surface area contributed by atoms with Crippen molar-refractivity contribution in [2.75, 3.05) is 0 Å². The summed E-state index contributed by atoms with van der Waals surface area (Å²) in [6.07, 6.45) is 5.97. The van der Waals surface area contributed by atoms with Crippen molar-refractivity contribution in [2.24, 2.45) is 46.3 Å². The second-order valence-corrected chi connectivity index (χ2v) is 11.4. The van der Waals surface area contributed by atoms with Crippen molar-refractivity contribution in [1.82, 2.24) is 0 Å². The minimum atomic E-state index is -0.741. The lowest BCUT2D eigenvalue weighted by molar-refractivity contribution is -0.202. The summed E-state index contributed by atoms with van der Waals surface area (Å²) in [4.78, 5) is 11.1. The van der Waals surface area contributed by atoms with Crippen molar-refractivity contribution in [3.8, 4) is 0 Å². The Balaban J connectivity index is 1.60. The van der Waals surface area contributed by atoms with Crippen molar-refractivity contribution in [2.45, 2.75) is 96.9 Å². The van der Waals surface area contributed by atoms with E-state index in [1.807, 2.05) is 0 Å². The molecule has 0 amide bonds. The molecule has 0 saturated heterocycles. The van der Waals surface area contributed by atoms with Gasteiger partial charge >= 0.3 is 5.97 Å². The van der Waals surface area contributed by atoms with E-state index in [0.29, 0.717) is 36.5 Å². The van der Waals surface area contributed by atoms with Crippen LogP contribution in [0.15, 0.2) is 0 Å². The first-order chi connectivity index (χ1) is 13.6. The van der Waals surface area contributed by atoms with Crippen molar-refractivity contribution < 1.29 is 25.2 Å². The zero-order chi connectivity index (χ0) is 21.1. The average Bonchev–Trinajstić information content (AvgIpc) is 3.02. The van der Waals surface area contributed by atoms with Gasteiger partial charge < -0.3 is 20.4 Å². The lowest BCUT2D eigenvalue weighted by atomic mass is 9.43. The Morgan fingerprint density at radius 3 is 2.41 bits per heavy atom.